The number of ether oxygens (including phenoxy) is 1. The van der Waals surface area contributed by atoms with Crippen LogP contribution in [0.5, 0.6) is 11.5 Å². The molecule has 0 atom stereocenters. The molecular formula is C16H13ClN2O. The van der Waals surface area contributed by atoms with Crippen molar-refractivity contribution in [3.63, 3.8) is 0 Å². The molecule has 0 spiro atoms. The summed E-state index contributed by atoms with van der Waals surface area (Å²) < 4.78 is 7.48. The number of rotatable bonds is 3. The minimum absolute atomic E-state index is 0.680. The Morgan fingerprint density at radius 3 is 2.60 bits per heavy atom. The molecule has 0 saturated carbocycles. The van der Waals surface area contributed by atoms with Crippen molar-refractivity contribution in [2.75, 3.05) is 0 Å². The van der Waals surface area contributed by atoms with E-state index in [-0.39, 0.29) is 0 Å². The minimum atomic E-state index is 0.680. The third-order valence-electron chi connectivity index (χ3n) is 2.89. The fraction of sp³-hybridized carbons (Fsp3) is 0.0625. The van der Waals surface area contributed by atoms with Crippen LogP contribution < -0.4 is 4.74 Å². The Balaban J connectivity index is 1.82. The summed E-state index contributed by atoms with van der Waals surface area (Å²) >= 11 is 5.97. The summed E-state index contributed by atoms with van der Waals surface area (Å²) in [6.45, 7) is 2.04. The van der Waals surface area contributed by atoms with Crippen LogP contribution in [0.15, 0.2) is 60.9 Å². The number of halogens is 1. The zero-order valence-electron chi connectivity index (χ0n) is 11.0. The third kappa shape index (κ3) is 2.83. The Labute approximate surface area is 122 Å². The van der Waals surface area contributed by atoms with Gasteiger partial charge in [0.05, 0.1) is 18.1 Å². The Kier molecular flexibility index (Phi) is 3.44. The SMILES string of the molecule is Cc1ccc(Oc2cnn(-c3cccc(Cl)c3)c2)cc1. The van der Waals surface area contributed by atoms with Crippen LogP contribution in [-0.4, -0.2) is 9.78 Å². The molecular weight excluding hydrogens is 272 g/mol. The zero-order chi connectivity index (χ0) is 13.9. The van der Waals surface area contributed by atoms with E-state index in [4.69, 9.17) is 16.3 Å². The maximum Gasteiger partial charge on any atom is 0.165 e. The summed E-state index contributed by atoms with van der Waals surface area (Å²) in [5.41, 5.74) is 2.10. The second-order valence-corrected chi connectivity index (χ2v) is 4.95. The molecule has 0 saturated heterocycles. The highest BCUT2D eigenvalue weighted by Gasteiger charge is 2.03. The van der Waals surface area contributed by atoms with Crippen molar-refractivity contribution < 1.29 is 4.74 Å². The van der Waals surface area contributed by atoms with Crippen molar-refractivity contribution in [1.82, 2.24) is 9.78 Å². The second kappa shape index (κ2) is 5.39. The van der Waals surface area contributed by atoms with Crippen LogP contribution in [-0.2, 0) is 0 Å². The van der Waals surface area contributed by atoms with Gasteiger partial charge in [0.1, 0.15) is 5.75 Å². The van der Waals surface area contributed by atoms with Crippen molar-refractivity contribution in [1.29, 1.82) is 0 Å². The second-order valence-electron chi connectivity index (χ2n) is 4.52. The van der Waals surface area contributed by atoms with Gasteiger partial charge in [0.25, 0.3) is 0 Å². The van der Waals surface area contributed by atoms with Crippen LogP contribution >= 0.6 is 11.6 Å². The summed E-state index contributed by atoms with van der Waals surface area (Å²) in [4.78, 5) is 0. The molecule has 1 aromatic heterocycles. The van der Waals surface area contributed by atoms with Gasteiger partial charge in [-0.2, -0.15) is 5.10 Å². The molecule has 2 aromatic carbocycles. The first-order chi connectivity index (χ1) is 9.70. The molecule has 1 heterocycles. The molecule has 3 rings (SSSR count). The van der Waals surface area contributed by atoms with Crippen molar-refractivity contribution in [3.8, 4) is 17.2 Å². The molecule has 0 amide bonds. The predicted molar refractivity (Wildman–Crippen MR) is 79.8 cm³/mol. The van der Waals surface area contributed by atoms with Crippen molar-refractivity contribution in [2.24, 2.45) is 0 Å². The number of aromatic nitrogens is 2. The molecule has 3 aromatic rings. The van der Waals surface area contributed by atoms with Crippen LogP contribution in [0.25, 0.3) is 5.69 Å². The fourth-order valence-corrected chi connectivity index (χ4v) is 2.05. The smallest absolute Gasteiger partial charge is 0.165 e. The number of benzene rings is 2. The molecule has 3 nitrogen and oxygen atoms in total. The maximum absolute atomic E-state index is 5.97. The summed E-state index contributed by atoms with van der Waals surface area (Å²) in [5.74, 6) is 1.48. The predicted octanol–water partition coefficient (Wildman–Crippen LogP) is 4.63. The lowest BCUT2D eigenvalue weighted by atomic mass is 10.2. The molecule has 4 heteroatoms. The number of aryl methyl sites for hydroxylation is 1. The number of hydrogen-bond donors (Lipinski definition) is 0. The van der Waals surface area contributed by atoms with E-state index < -0.39 is 0 Å². The topological polar surface area (TPSA) is 27.1 Å². The lowest BCUT2D eigenvalue weighted by Gasteiger charge is -2.03. The minimum Gasteiger partial charge on any atom is -0.454 e. The molecule has 0 aliphatic heterocycles. The summed E-state index contributed by atoms with van der Waals surface area (Å²) in [6.07, 6.45) is 3.51. The highest BCUT2D eigenvalue weighted by molar-refractivity contribution is 6.30. The van der Waals surface area contributed by atoms with E-state index in [1.807, 2.05) is 61.7 Å². The molecule has 0 bridgehead atoms. The maximum atomic E-state index is 5.97. The Hall–Kier alpha value is -2.26. The first kappa shape index (κ1) is 12.8. The molecule has 0 fully saturated rings. The molecule has 0 N–H and O–H groups in total. The molecule has 0 unspecified atom stereocenters. The average molecular weight is 285 g/mol. The van der Waals surface area contributed by atoms with Gasteiger partial charge in [0.2, 0.25) is 0 Å². The van der Waals surface area contributed by atoms with E-state index in [1.165, 1.54) is 5.56 Å². The summed E-state index contributed by atoms with van der Waals surface area (Å²) in [5, 5.41) is 4.95. The van der Waals surface area contributed by atoms with Gasteiger partial charge in [-0.3, -0.25) is 0 Å². The van der Waals surface area contributed by atoms with Crippen LogP contribution in [0.3, 0.4) is 0 Å². The first-order valence-electron chi connectivity index (χ1n) is 6.26. The van der Waals surface area contributed by atoms with Crippen LogP contribution in [0.2, 0.25) is 5.02 Å². The highest BCUT2D eigenvalue weighted by atomic mass is 35.5. The average Bonchev–Trinajstić information content (AvgIpc) is 2.90. The van der Waals surface area contributed by atoms with E-state index in [0.717, 1.165) is 11.4 Å². The standard InChI is InChI=1S/C16H13ClN2O/c1-12-5-7-15(8-6-12)20-16-10-18-19(11-16)14-4-2-3-13(17)9-14/h2-11H,1H3. The lowest BCUT2D eigenvalue weighted by Crippen LogP contribution is -1.93. The van der Waals surface area contributed by atoms with E-state index in [0.29, 0.717) is 10.8 Å². The lowest BCUT2D eigenvalue weighted by molar-refractivity contribution is 0.482. The molecule has 100 valence electrons. The molecule has 0 aliphatic carbocycles. The monoisotopic (exact) mass is 284 g/mol. The van der Waals surface area contributed by atoms with Gasteiger partial charge in [-0.05, 0) is 37.3 Å². The Morgan fingerprint density at radius 2 is 1.85 bits per heavy atom. The Bertz CT molecular complexity index is 719. The van der Waals surface area contributed by atoms with Crippen molar-refractivity contribution in [3.05, 3.63) is 71.5 Å². The highest BCUT2D eigenvalue weighted by Crippen LogP contribution is 2.22. The third-order valence-corrected chi connectivity index (χ3v) is 3.12. The van der Waals surface area contributed by atoms with Crippen LogP contribution in [0.1, 0.15) is 5.56 Å². The van der Waals surface area contributed by atoms with E-state index >= 15 is 0 Å². The van der Waals surface area contributed by atoms with E-state index in [2.05, 4.69) is 5.10 Å². The van der Waals surface area contributed by atoms with E-state index in [1.54, 1.807) is 10.9 Å². The normalized spacial score (nSPS) is 10.5. The molecule has 20 heavy (non-hydrogen) atoms. The number of hydrogen-bond acceptors (Lipinski definition) is 2. The largest absolute Gasteiger partial charge is 0.454 e. The van der Waals surface area contributed by atoms with Crippen LogP contribution in [0.4, 0.5) is 0 Å². The van der Waals surface area contributed by atoms with Gasteiger partial charge < -0.3 is 4.74 Å². The van der Waals surface area contributed by atoms with E-state index in [9.17, 15) is 0 Å². The fourth-order valence-electron chi connectivity index (χ4n) is 1.86. The summed E-state index contributed by atoms with van der Waals surface area (Å²) in [6, 6.07) is 15.4. The van der Waals surface area contributed by atoms with Crippen LogP contribution in [0, 0.1) is 6.92 Å². The van der Waals surface area contributed by atoms with Crippen molar-refractivity contribution >= 4 is 11.6 Å². The zero-order valence-corrected chi connectivity index (χ0v) is 11.7. The van der Waals surface area contributed by atoms with Gasteiger partial charge in [-0.1, -0.05) is 35.4 Å². The first-order valence-corrected chi connectivity index (χ1v) is 6.64. The van der Waals surface area contributed by atoms with Crippen molar-refractivity contribution in [2.45, 2.75) is 6.92 Å². The summed E-state index contributed by atoms with van der Waals surface area (Å²) in [7, 11) is 0. The quantitative estimate of drug-likeness (QED) is 0.701. The van der Waals surface area contributed by atoms with Gasteiger partial charge in [0.15, 0.2) is 5.75 Å². The molecule has 0 radical (unpaired) electrons. The van der Waals surface area contributed by atoms with Gasteiger partial charge in [-0.25, -0.2) is 4.68 Å². The van der Waals surface area contributed by atoms with Gasteiger partial charge >= 0.3 is 0 Å². The molecule has 0 aliphatic rings. The number of nitrogens with zero attached hydrogens (tertiary/aromatic N) is 2. The van der Waals surface area contributed by atoms with Gasteiger partial charge in [0, 0.05) is 5.02 Å². The van der Waals surface area contributed by atoms with Gasteiger partial charge in [-0.15, -0.1) is 0 Å². The Morgan fingerprint density at radius 1 is 1.05 bits per heavy atom.